The SMILES string of the molecule is FC(F)(F)c1c(CN2CC3C(C2)C3c2ccccc2)ccn2c(CC3CC3)nnc12. The highest BCUT2D eigenvalue weighted by Crippen LogP contribution is 2.58. The van der Waals surface area contributed by atoms with Crippen molar-refractivity contribution < 1.29 is 13.2 Å². The van der Waals surface area contributed by atoms with Crippen LogP contribution in [0.3, 0.4) is 0 Å². The summed E-state index contributed by atoms with van der Waals surface area (Å²) in [6.07, 6.45) is 0.229. The molecule has 2 saturated carbocycles. The minimum absolute atomic E-state index is 0.0535. The molecule has 1 aliphatic heterocycles. The highest BCUT2D eigenvalue weighted by atomic mass is 19.4. The Hall–Kier alpha value is -2.41. The molecule has 6 rings (SSSR count). The van der Waals surface area contributed by atoms with Crippen LogP contribution in [0.5, 0.6) is 0 Å². The molecular formula is C23H23F3N4. The molecule has 0 bridgehead atoms. The summed E-state index contributed by atoms with van der Waals surface area (Å²) in [6, 6.07) is 12.1. The van der Waals surface area contributed by atoms with Crippen molar-refractivity contribution in [2.75, 3.05) is 13.1 Å². The average molecular weight is 412 g/mol. The second-order valence-corrected chi connectivity index (χ2v) is 9.13. The number of likely N-dealkylation sites (tertiary alicyclic amines) is 1. The zero-order chi connectivity index (χ0) is 20.5. The molecule has 4 nitrogen and oxygen atoms in total. The molecule has 3 heterocycles. The van der Waals surface area contributed by atoms with Crippen molar-refractivity contribution in [3.05, 3.63) is 65.1 Å². The third-order valence-corrected chi connectivity index (χ3v) is 7.04. The number of piperidine rings is 1. The zero-order valence-electron chi connectivity index (χ0n) is 16.5. The number of rotatable bonds is 5. The first-order chi connectivity index (χ1) is 14.5. The molecule has 3 aromatic rings. The molecule has 2 aromatic heterocycles. The third kappa shape index (κ3) is 3.11. The molecule has 3 fully saturated rings. The lowest BCUT2D eigenvalue weighted by atomic mass is 10.1. The second-order valence-electron chi connectivity index (χ2n) is 9.13. The molecule has 2 aliphatic carbocycles. The molecule has 2 atom stereocenters. The Kier molecular flexibility index (Phi) is 4.01. The summed E-state index contributed by atoms with van der Waals surface area (Å²) in [6.45, 7) is 2.02. The molecular weight excluding hydrogens is 389 g/mol. The van der Waals surface area contributed by atoms with Gasteiger partial charge >= 0.3 is 6.18 Å². The van der Waals surface area contributed by atoms with Crippen LogP contribution >= 0.6 is 0 Å². The minimum atomic E-state index is -4.45. The normalized spacial score (nSPS) is 26.3. The van der Waals surface area contributed by atoms with Gasteiger partial charge in [0.25, 0.3) is 0 Å². The lowest BCUT2D eigenvalue weighted by Gasteiger charge is -2.22. The topological polar surface area (TPSA) is 33.4 Å². The van der Waals surface area contributed by atoms with Crippen LogP contribution in [0.2, 0.25) is 0 Å². The van der Waals surface area contributed by atoms with Gasteiger partial charge in [-0.15, -0.1) is 10.2 Å². The summed E-state index contributed by atoms with van der Waals surface area (Å²) in [5.41, 5.74) is 0.982. The van der Waals surface area contributed by atoms with E-state index in [4.69, 9.17) is 0 Å². The van der Waals surface area contributed by atoms with E-state index < -0.39 is 11.7 Å². The Balaban J connectivity index is 1.24. The summed E-state index contributed by atoms with van der Waals surface area (Å²) in [5, 5.41) is 8.04. The first-order valence-electron chi connectivity index (χ1n) is 10.7. The van der Waals surface area contributed by atoms with Gasteiger partial charge in [-0.1, -0.05) is 30.3 Å². The van der Waals surface area contributed by atoms with Crippen molar-refractivity contribution in [3.8, 4) is 0 Å². The first kappa shape index (κ1) is 18.4. The molecule has 0 spiro atoms. The van der Waals surface area contributed by atoms with Crippen LogP contribution in [-0.4, -0.2) is 32.6 Å². The van der Waals surface area contributed by atoms with E-state index in [1.807, 2.05) is 6.07 Å². The Bertz CT molecular complexity index is 1080. The lowest BCUT2D eigenvalue weighted by Crippen LogP contribution is -2.26. The van der Waals surface area contributed by atoms with Gasteiger partial charge in [0.2, 0.25) is 0 Å². The maximum Gasteiger partial charge on any atom is 0.420 e. The van der Waals surface area contributed by atoms with Gasteiger partial charge in [-0.3, -0.25) is 9.30 Å². The summed E-state index contributed by atoms with van der Waals surface area (Å²) >= 11 is 0. The quantitative estimate of drug-likeness (QED) is 0.617. The van der Waals surface area contributed by atoms with Crippen molar-refractivity contribution in [1.82, 2.24) is 19.5 Å². The van der Waals surface area contributed by atoms with E-state index in [1.165, 1.54) is 9.96 Å². The smallest absolute Gasteiger partial charge is 0.298 e. The summed E-state index contributed by atoms with van der Waals surface area (Å²) in [4.78, 5) is 2.16. The van der Waals surface area contributed by atoms with Crippen LogP contribution in [0.15, 0.2) is 42.6 Å². The van der Waals surface area contributed by atoms with Crippen LogP contribution < -0.4 is 0 Å². The molecule has 1 aromatic carbocycles. The Morgan fingerprint density at radius 2 is 1.70 bits per heavy atom. The first-order valence-corrected chi connectivity index (χ1v) is 10.7. The third-order valence-electron chi connectivity index (χ3n) is 7.04. The molecule has 156 valence electrons. The molecule has 1 saturated heterocycles. The van der Waals surface area contributed by atoms with E-state index in [0.717, 1.165) is 25.9 Å². The van der Waals surface area contributed by atoms with Gasteiger partial charge in [-0.05, 0) is 53.7 Å². The lowest BCUT2D eigenvalue weighted by molar-refractivity contribution is -0.137. The fourth-order valence-electron chi connectivity index (χ4n) is 5.36. The molecule has 0 N–H and O–H groups in total. The van der Waals surface area contributed by atoms with Gasteiger partial charge in [0.15, 0.2) is 5.65 Å². The summed E-state index contributed by atoms with van der Waals surface area (Å²) in [5.74, 6) is 2.86. The molecule has 0 radical (unpaired) electrons. The van der Waals surface area contributed by atoms with E-state index in [1.54, 1.807) is 12.3 Å². The molecule has 2 unspecified atom stereocenters. The van der Waals surface area contributed by atoms with Crippen molar-refractivity contribution in [1.29, 1.82) is 0 Å². The molecule has 30 heavy (non-hydrogen) atoms. The number of hydrogen-bond donors (Lipinski definition) is 0. The fourth-order valence-corrected chi connectivity index (χ4v) is 5.36. The largest absolute Gasteiger partial charge is 0.420 e. The van der Waals surface area contributed by atoms with Crippen LogP contribution in [0, 0.1) is 17.8 Å². The van der Waals surface area contributed by atoms with Gasteiger partial charge < -0.3 is 0 Å². The second kappa shape index (κ2) is 6.54. The van der Waals surface area contributed by atoms with Gasteiger partial charge in [-0.25, -0.2) is 0 Å². The van der Waals surface area contributed by atoms with E-state index in [9.17, 15) is 13.2 Å². The number of fused-ring (bicyclic) bond motifs is 2. The van der Waals surface area contributed by atoms with Crippen LogP contribution in [0.4, 0.5) is 13.2 Å². The highest BCUT2D eigenvalue weighted by Gasteiger charge is 2.56. The Morgan fingerprint density at radius 3 is 2.37 bits per heavy atom. The molecule has 7 heteroatoms. The van der Waals surface area contributed by atoms with Gasteiger partial charge in [0, 0.05) is 32.3 Å². The van der Waals surface area contributed by atoms with Crippen LogP contribution in [-0.2, 0) is 19.1 Å². The van der Waals surface area contributed by atoms with E-state index >= 15 is 0 Å². The number of aromatic nitrogens is 3. The Labute approximate surface area is 172 Å². The average Bonchev–Trinajstić information content (AvgIpc) is 3.57. The van der Waals surface area contributed by atoms with E-state index in [-0.39, 0.29) is 5.65 Å². The molecule has 3 aliphatic rings. The van der Waals surface area contributed by atoms with E-state index in [2.05, 4.69) is 39.4 Å². The maximum absolute atomic E-state index is 14.0. The standard InChI is InChI=1S/C23H23F3N4/c24-23(25,26)21-16(8-9-30-19(10-14-6-7-14)27-28-22(21)30)11-29-12-17-18(13-29)20(17)15-4-2-1-3-5-15/h1-5,8-9,14,17-18,20H,6-7,10-13H2. The van der Waals surface area contributed by atoms with Crippen molar-refractivity contribution in [2.24, 2.45) is 17.8 Å². The summed E-state index contributed by atoms with van der Waals surface area (Å²) in [7, 11) is 0. The number of hydrogen-bond acceptors (Lipinski definition) is 3. The number of pyridine rings is 1. The van der Waals surface area contributed by atoms with E-state index in [0.29, 0.717) is 48.0 Å². The predicted octanol–water partition coefficient (Wildman–Crippen LogP) is 4.55. The predicted molar refractivity (Wildman–Crippen MR) is 106 cm³/mol. The molecule has 0 amide bonds. The maximum atomic E-state index is 14.0. The van der Waals surface area contributed by atoms with Crippen molar-refractivity contribution >= 4 is 5.65 Å². The summed E-state index contributed by atoms with van der Waals surface area (Å²) < 4.78 is 43.6. The van der Waals surface area contributed by atoms with Crippen molar-refractivity contribution in [3.63, 3.8) is 0 Å². The number of benzene rings is 1. The Morgan fingerprint density at radius 1 is 0.967 bits per heavy atom. The van der Waals surface area contributed by atoms with Gasteiger partial charge in [0.05, 0.1) is 0 Å². The number of alkyl halides is 3. The monoisotopic (exact) mass is 412 g/mol. The number of halogens is 3. The number of nitrogens with zero attached hydrogens (tertiary/aromatic N) is 4. The van der Waals surface area contributed by atoms with Gasteiger partial charge in [-0.2, -0.15) is 13.2 Å². The fraction of sp³-hybridized carbons (Fsp3) is 0.478. The zero-order valence-corrected chi connectivity index (χ0v) is 16.5. The minimum Gasteiger partial charge on any atom is -0.298 e. The van der Waals surface area contributed by atoms with Crippen molar-refractivity contribution in [2.45, 2.75) is 37.9 Å². The highest BCUT2D eigenvalue weighted by molar-refractivity contribution is 5.53. The van der Waals surface area contributed by atoms with Crippen LogP contribution in [0.1, 0.15) is 41.3 Å². The van der Waals surface area contributed by atoms with Crippen LogP contribution in [0.25, 0.3) is 5.65 Å². The van der Waals surface area contributed by atoms with Gasteiger partial charge in [0.1, 0.15) is 11.4 Å².